The van der Waals surface area contributed by atoms with Gasteiger partial charge in [0.25, 0.3) is 0 Å². The van der Waals surface area contributed by atoms with Crippen molar-refractivity contribution >= 4 is 17.4 Å². The van der Waals surface area contributed by atoms with Crippen LogP contribution < -0.4 is 0 Å². The van der Waals surface area contributed by atoms with Crippen LogP contribution in [0, 0.1) is 5.92 Å². The van der Waals surface area contributed by atoms with Crippen LogP contribution in [0.25, 0.3) is 11.6 Å². The molecule has 0 spiro atoms. The Morgan fingerprint density at radius 3 is 2.26 bits per heavy atom. The normalized spacial score (nSPS) is 19.2. The highest BCUT2D eigenvalue weighted by Crippen LogP contribution is 2.34. The molecule has 1 aliphatic rings. The first kappa shape index (κ1) is 15.5. The number of Topliss-reactive ketones (excluding diaryl/α,β-unsaturated/α-hetero) is 1. The maximum atomic E-state index is 11.7. The Hall–Kier alpha value is -2.41. The second-order valence-corrected chi connectivity index (χ2v) is 6.19. The highest BCUT2D eigenvalue weighted by Gasteiger charge is 2.24. The van der Waals surface area contributed by atoms with E-state index in [1.807, 2.05) is 24.3 Å². The Morgan fingerprint density at radius 2 is 1.65 bits per heavy atom. The zero-order valence-electron chi connectivity index (χ0n) is 13.5. The maximum Gasteiger partial charge on any atom is 0.133 e. The standard InChI is InChI=1S/C22H22O/c1-17(20-13-14-21(23)16-20)22(19-10-6-3-7-11-19)15-12-18-8-4-2-5-9-18/h2-12,15,20H,13-14,16H2,1H3/b15-12+,22-17+. The van der Waals surface area contributed by atoms with Crippen LogP contribution in [-0.2, 0) is 4.79 Å². The Labute approximate surface area is 138 Å². The molecule has 116 valence electrons. The summed E-state index contributed by atoms with van der Waals surface area (Å²) in [4.78, 5) is 11.7. The smallest absolute Gasteiger partial charge is 0.133 e. The van der Waals surface area contributed by atoms with Crippen molar-refractivity contribution in [1.82, 2.24) is 0 Å². The molecule has 0 bridgehead atoms. The number of benzene rings is 2. The van der Waals surface area contributed by atoms with Gasteiger partial charge in [-0.15, -0.1) is 0 Å². The van der Waals surface area contributed by atoms with E-state index in [2.05, 4.69) is 55.5 Å². The highest BCUT2D eigenvalue weighted by atomic mass is 16.1. The molecule has 0 aromatic heterocycles. The van der Waals surface area contributed by atoms with Crippen molar-refractivity contribution in [2.75, 3.05) is 0 Å². The average molecular weight is 302 g/mol. The number of carbonyl (C=O) groups excluding carboxylic acids is 1. The van der Waals surface area contributed by atoms with E-state index in [-0.39, 0.29) is 0 Å². The van der Waals surface area contributed by atoms with E-state index < -0.39 is 0 Å². The van der Waals surface area contributed by atoms with Crippen LogP contribution in [0.15, 0.2) is 72.3 Å². The maximum absolute atomic E-state index is 11.7. The first-order chi connectivity index (χ1) is 11.2. The fourth-order valence-corrected chi connectivity index (χ4v) is 3.22. The molecule has 0 heterocycles. The van der Waals surface area contributed by atoms with Gasteiger partial charge in [-0.25, -0.2) is 0 Å². The van der Waals surface area contributed by atoms with E-state index in [9.17, 15) is 4.79 Å². The molecular weight excluding hydrogens is 280 g/mol. The Balaban J connectivity index is 1.97. The third-order valence-corrected chi connectivity index (χ3v) is 4.61. The molecule has 1 heteroatoms. The van der Waals surface area contributed by atoms with Crippen molar-refractivity contribution in [3.8, 4) is 0 Å². The van der Waals surface area contributed by atoms with Crippen molar-refractivity contribution in [3.63, 3.8) is 0 Å². The van der Waals surface area contributed by atoms with Crippen molar-refractivity contribution in [3.05, 3.63) is 83.4 Å². The molecule has 0 saturated heterocycles. The van der Waals surface area contributed by atoms with Crippen LogP contribution >= 0.6 is 0 Å². The fourth-order valence-electron chi connectivity index (χ4n) is 3.22. The number of rotatable bonds is 4. The van der Waals surface area contributed by atoms with E-state index in [0.29, 0.717) is 18.1 Å². The van der Waals surface area contributed by atoms with Crippen LogP contribution in [0.4, 0.5) is 0 Å². The molecule has 3 rings (SSSR count). The van der Waals surface area contributed by atoms with Crippen molar-refractivity contribution < 1.29 is 4.79 Å². The lowest BCUT2D eigenvalue weighted by molar-refractivity contribution is -0.117. The van der Waals surface area contributed by atoms with E-state index >= 15 is 0 Å². The molecule has 2 aromatic rings. The SMILES string of the molecule is C/C(=C(/C=C/c1ccccc1)c1ccccc1)C1CCC(=O)C1. The number of hydrogen-bond donors (Lipinski definition) is 0. The number of hydrogen-bond acceptors (Lipinski definition) is 1. The third kappa shape index (κ3) is 3.87. The molecule has 23 heavy (non-hydrogen) atoms. The first-order valence-corrected chi connectivity index (χ1v) is 8.25. The van der Waals surface area contributed by atoms with Crippen molar-refractivity contribution in [2.45, 2.75) is 26.2 Å². The van der Waals surface area contributed by atoms with E-state index in [1.165, 1.54) is 22.3 Å². The van der Waals surface area contributed by atoms with Gasteiger partial charge in [0, 0.05) is 12.8 Å². The summed E-state index contributed by atoms with van der Waals surface area (Å²) in [6, 6.07) is 20.8. The molecule has 1 fully saturated rings. The zero-order chi connectivity index (χ0) is 16.1. The van der Waals surface area contributed by atoms with Gasteiger partial charge in [0.1, 0.15) is 5.78 Å². The van der Waals surface area contributed by atoms with Gasteiger partial charge in [0.15, 0.2) is 0 Å². The van der Waals surface area contributed by atoms with Crippen molar-refractivity contribution in [2.24, 2.45) is 5.92 Å². The van der Waals surface area contributed by atoms with Gasteiger partial charge >= 0.3 is 0 Å². The summed E-state index contributed by atoms with van der Waals surface area (Å²) in [5, 5.41) is 0. The largest absolute Gasteiger partial charge is 0.300 e. The summed E-state index contributed by atoms with van der Waals surface area (Å²) >= 11 is 0. The molecule has 1 unspecified atom stereocenters. The molecule has 0 radical (unpaired) electrons. The van der Waals surface area contributed by atoms with E-state index in [0.717, 1.165) is 12.8 Å². The average Bonchev–Trinajstić information content (AvgIpc) is 3.03. The van der Waals surface area contributed by atoms with Crippen LogP contribution in [0.2, 0.25) is 0 Å². The Bertz CT molecular complexity index is 723. The summed E-state index contributed by atoms with van der Waals surface area (Å²) in [5.74, 6) is 0.784. The van der Waals surface area contributed by atoms with Crippen LogP contribution in [0.1, 0.15) is 37.3 Å². The van der Waals surface area contributed by atoms with E-state index in [4.69, 9.17) is 0 Å². The second-order valence-electron chi connectivity index (χ2n) is 6.19. The third-order valence-electron chi connectivity index (χ3n) is 4.61. The molecule has 0 amide bonds. The molecule has 2 aromatic carbocycles. The summed E-state index contributed by atoms with van der Waals surface area (Å²) in [6.45, 7) is 2.18. The van der Waals surface area contributed by atoms with Crippen LogP contribution in [-0.4, -0.2) is 5.78 Å². The lowest BCUT2D eigenvalue weighted by atomic mass is 9.90. The van der Waals surface area contributed by atoms with Gasteiger partial charge < -0.3 is 0 Å². The summed E-state index contributed by atoms with van der Waals surface area (Å²) in [5.41, 5.74) is 4.98. The molecular formula is C22H22O. The minimum atomic E-state index is 0.387. The Morgan fingerprint density at radius 1 is 1.00 bits per heavy atom. The fraction of sp³-hybridized carbons (Fsp3) is 0.227. The van der Waals surface area contributed by atoms with Gasteiger partial charge in [-0.3, -0.25) is 4.79 Å². The monoisotopic (exact) mass is 302 g/mol. The number of ketones is 1. The molecule has 1 atom stereocenters. The predicted molar refractivity (Wildman–Crippen MR) is 96.9 cm³/mol. The summed E-state index contributed by atoms with van der Waals surface area (Å²) in [7, 11) is 0. The Kier molecular flexibility index (Phi) is 4.87. The van der Waals surface area contributed by atoms with Gasteiger partial charge in [-0.05, 0) is 36.0 Å². The summed E-state index contributed by atoms with van der Waals surface area (Å²) in [6.07, 6.45) is 6.76. The molecule has 0 N–H and O–H groups in total. The lowest BCUT2D eigenvalue weighted by Gasteiger charge is -2.15. The predicted octanol–water partition coefficient (Wildman–Crippen LogP) is 5.54. The molecule has 0 aliphatic heterocycles. The molecule has 1 aliphatic carbocycles. The topological polar surface area (TPSA) is 17.1 Å². The van der Waals surface area contributed by atoms with Crippen LogP contribution in [0.5, 0.6) is 0 Å². The molecule has 1 saturated carbocycles. The van der Waals surface area contributed by atoms with Gasteiger partial charge in [0.2, 0.25) is 0 Å². The quantitative estimate of drug-likeness (QED) is 0.677. The highest BCUT2D eigenvalue weighted by molar-refractivity contribution is 5.85. The second kappa shape index (κ2) is 7.23. The minimum absolute atomic E-state index is 0.387. The number of allylic oxidation sites excluding steroid dienone is 3. The summed E-state index contributed by atoms with van der Waals surface area (Å²) < 4.78 is 0. The van der Waals surface area contributed by atoms with Crippen molar-refractivity contribution in [1.29, 1.82) is 0 Å². The van der Waals surface area contributed by atoms with Gasteiger partial charge in [-0.2, -0.15) is 0 Å². The lowest BCUT2D eigenvalue weighted by Crippen LogP contribution is -2.00. The number of carbonyl (C=O) groups is 1. The first-order valence-electron chi connectivity index (χ1n) is 8.25. The van der Waals surface area contributed by atoms with Gasteiger partial charge in [0.05, 0.1) is 0 Å². The van der Waals surface area contributed by atoms with Gasteiger partial charge in [-0.1, -0.05) is 78.4 Å². The minimum Gasteiger partial charge on any atom is -0.300 e. The molecule has 1 nitrogen and oxygen atoms in total. The van der Waals surface area contributed by atoms with E-state index in [1.54, 1.807) is 0 Å². The van der Waals surface area contributed by atoms with Crippen LogP contribution in [0.3, 0.4) is 0 Å². The zero-order valence-corrected chi connectivity index (χ0v) is 13.5.